The van der Waals surface area contributed by atoms with E-state index in [2.05, 4.69) is 15.6 Å². The lowest BCUT2D eigenvalue weighted by atomic mass is 10.1. The molecule has 0 atom stereocenters. The lowest BCUT2D eigenvalue weighted by Gasteiger charge is -2.12. The zero-order chi connectivity index (χ0) is 16.9. The molecule has 120 valence electrons. The van der Waals surface area contributed by atoms with E-state index in [-0.39, 0.29) is 5.91 Å². The Kier molecular flexibility index (Phi) is 4.57. The summed E-state index contributed by atoms with van der Waals surface area (Å²) in [5.74, 6) is -0.170. The molecule has 0 bridgehead atoms. The average molecular weight is 317 g/mol. The van der Waals surface area contributed by atoms with Crippen molar-refractivity contribution in [3.8, 4) is 0 Å². The molecule has 0 fully saturated rings. The van der Waals surface area contributed by atoms with Gasteiger partial charge in [0.05, 0.1) is 17.4 Å². The molecular weight excluding hydrogens is 298 g/mol. The molecule has 4 nitrogen and oxygen atoms in total. The third-order valence-electron chi connectivity index (χ3n) is 3.78. The van der Waals surface area contributed by atoms with E-state index in [0.29, 0.717) is 5.56 Å². The van der Waals surface area contributed by atoms with Gasteiger partial charge in [-0.25, -0.2) is 0 Å². The van der Waals surface area contributed by atoms with Crippen LogP contribution < -0.4 is 10.6 Å². The quantitative estimate of drug-likeness (QED) is 0.733. The number of pyridine rings is 1. The first-order valence-corrected chi connectivity index (χ1v) is 7.78. The number of aryl methyl sites for hydroxylation is 2. The van der Waals surface area contributed by atoms with E-state index in [1.165, 1.54) is 0 Å². The third-order valence-corrected chi connectivity index (χ3v) is 3.78. The van der Waals surface area contributed by atoms with Crippen LogP contribution in [0.5, 0.6) is 0 Å². The van der Waals surface area contributed by atoms with Gasteiger partial charge in [-0.3, -0.25) is 9.78 Å². The number of amides is 1. The van der Waals surface area contributed by atoms with Crippen LogP contribution >= 0.6 is 0 Å². The van der Waals surface area contributed by atoms with Crippen molar-refractivity contribution in [2.45, 2.75) is 13.8 Å². The molecule has 0 radical (unpaired) electrons. The monoisotopic (exact) mass is 317 g/mol. The molecule has 2 N–H and O–H groups in total. The van der Waals surface area contributed by atoms with Crippen molar-refractivity contribution in [3.63, 3.8) is 0 Å². The fourth-order valence-corrected chi connectivity index (χ4v) is 2.52. The van der Waals surface area contributed by atoms with Crippen molar-refractivity contribution < 1.29 is 4.79 Å². The van der Waals surface area contributed by atoms with Crippen LogP contribution in [0.1, 0.15) is 21.5 Å². The maximum absolute atomic E-state index is 12.5. The molecule has 0 saturated carbocycles. The Morgan fingerprint density at radius 2 is 1.58 bits per heavy atom. The zero-order valence-corrected chi connectivity index (χ0v) is 13.7. The third kappa shape index (κ3) is 3.60. The fraction of sp³-hybridized carbons (Fsp3) is 0.100. The van der Waals surface area contributed by atoms with E-state index in [1.807, 2.05) is 62.4 Å². The largest absolute Gasteiger partial charge is 0.354 e. The van der Waals surface area contributed by atoms with Crippen molar-refractivity contribution in [3.05, 3.63) is 83.7 Å². The molecule has 0 aliphatic heterocycles. The Labute approximate surface area is 141 Å². The molecule has 1 aromatic heterocycles. The van der Waals surface area contributed by atoms with Gasteiger partial charge in [-0.1, -0.05) is 36.4 Å². The van der Waals surface area contributed by atoms with Crippen LogP contribution in [0.15, 0.2) is 67.0 Å². The molecule has 1 heterocycles. The lowest BCUT2D eigenvalue weighted by Crippen LogP contribution is -2.14. The SMILES string of the molecule is Cc1cccc(C)c1NC(=O)c1cncc(Nc2ccccc2)c1. The van der Waals surface area contributed by atoms with Crippen molar-refractivity contribution in [2.75, 3.05) is 10.6 Å². The number of rotatable bonds is 4. The van der Waals surface area contributed by atoms with Gasteiger partial charge in [-0.15, -0.1) is 0 Å². The molecule has 4 heteroatoms. The van der Waals surface area contributed by atoms with Crippen LogP contribution in [0.2, 0.25) is 0 Å². The maximum Gasteiger partial charge on any atom is 0.257 e. The first-order valence-electron chi connectivity index (χ1n) is 7.78. The summed E-state index contributed by atoms with van der Waals surface area (Å²) in [7, 11) is 0. The summed E-state index contributed by atoms with van der Waals surface area (Å²) >= 11 is 0. The Morgan fingerprint density at radius 3 is 2.29 bits per heavy atom. The van der Waals surface area contributed by atoms with Crippen LogP contribution in [-0.2, 0) is 0 Å². The molecule has 24 heavy (non-hydrogen) atoms. The van der Waals surface area contributed by atoms with Gasteiger partial charge in [0.25, 0.3) is 5.91 Å². The van der Waals surface area contributed by atoms with E-state index in [9.17, 15) is 4.79 Å². The molecule has 0 aliphatic rings. The lowest BCUT2D eigenvalue weighted by molar-refractivity contribution is 0.102. The van der Waals surface area contributed by atoms with E-state index in [1.54, 1.807) is 18.5 Å². The van der Waals surface area contributed by atoms with Gasteiger partial charge in [0.2, 0.25) is 0 Å². The number of nitrogens with one attached hydrogen (secondary N) is 2. The van der Waals surface area contributed by atoms with Crippen LogP contribution in [0.4, 0.5) is 17.1 Å². The van der Waals surface area contributed by atoms with Crippen molar-refractivity contribution in [2.24, 2.45) is 0 Å². The van der Waals surface area contributed by atoms with Gasteiger partial charge in [-0.2, -0.15) is 0 Å². The van der Waals surface area contributed by atoms with Gasteiger partial charge in [0.1, 0.15) is 0 Å². The second-order valence-electron chi connectivity index (χ2n) is 5.67. The van der Waals surface area contributed by atoms with E-state index in [4.69, 9.17) is 0 Å². The van der Waals surface area contributed by atoms with Crippen molar-refractivity contribution >= 4 is 23.0 Å². The van der Waals surface area contributed by atoms with Gasteiger partial charge in [-0.05, 0) is 43.2 Å². The number of hydrogen-bond acceptors (Lipinski definition) is 3. The molecule has 3 aromatic rings. The topological polar surface area (TPSA) is 54.0 Å². The Balaban J connectivity index is 1.80. The summed E-state index contributed by atoms with van der Waals surface area (Å²) in [5, 5.41) is 6.22. The molecule has 2 aromatic carbocycles. The molecule has 0 aliphatic carbocycles. The van der Waals surface area contributed by atoms with E-state index in [0.717, 1.165) is 28.2 Å². The highest BCUT2D eigenvalue weighted by Gasteiger charge is 2.10. The van der Waals surface area contributed by atoms with E-state index >= 15 is 0 Å². The van der Waals surface area contributed by atoms with Gasteiger partial charge in [0, 0.05) is 17.6 Å². The Hall–Kier alpha value is -3.14. The number of carbonyl (C=O) groups excluding carboxylic acids is 1. The number of aromatic nitrogens is 1. The first-order chi connectivity index (χ1) is 11.6. The van der Waals surface area contributed by atoms with Gasteiger partial charge in [0.15, 0.2) is 0 Å². The highest BCUT2D eigenvalue weighted by Crippen LogP contribution is 2.21. The summed E-state index contributed by atoms with van der Waals surface area (Å²) in [6, 6.07) is 17.5. The predicted molar refractivity (Wildman–Crippen MR) is 97.8 cm³/mol. The van der Waals surface area contributed by atoms with Crippen molar-refractivity contribution in [1.29, 1.82) is 0 Å². The minimum absolute atomic E-state index is 0.170. The summed E-state index contributed by atoms with van der Waals surface area (Å²) in [6.07, 6.45) is 3.27. The minimum atomic E-state index is -0.170. The molecule has 1 amide bonds. The van der Waals surface area contributed by atoms with E-state index < -0.39 is 0 Å². The van der Waals surface area contributed by atoms with Crippen LogP contribution in [0.3, 0.4) is 0 Å². The standard InChI is InChI=1S/C20H19N3O/c1-14-7-6-8-15(2)19(14)23-20(24)16-11-18(13-21-12-16)22-17-9-4-3-5-10-17/h3-13,22H,1-2H3,(H,23,24). The second kappa shape index (κ2) is 6.96. The second-order valence-corrected chi connectivity index (χ2v) is 5.67. The summed E-state index contributed by atoms with van der Waals surface area (Å²) < 4.78 is 0. The fourth-order valence-electron chi connectivity index (χ4n) is 2.52. The molecule has 0 spiro atoms. The molecule has 3 rings (SSSR count). The smallest absolute Gasteiger partial charge is 0.257 e. The zero-order valence-electron chi connectivity index (χ0n) is 13.7. The predicted octanol–water partition coefficient (Wildman–Crippen LogP) is 4.69. The first kappa shape index (κ1) is 15.7. The Bertz CT molecular complexity index is 840. The van der Waals surface area contributed by atoms with Crippen LogP contribution in [-0.4, -0.2) is 10.9 Å². The Morgan fingerprint density at radius 1 is 0.875 bits per heavy atom. The van der Waals surface area contributed by atoms with Crippen LogP contribution in [0, 0.1) is 13.8 Å². The highest BCUT2D eigenvalue weighted by atomic mass is 16.1. The van der Waals surface area contributed by atoms with Gasteiger partial charge < -0.3 is 10.6 Å². The summed E-state index contributed by atoms with van der Waals surface area (Å²) in [5.41, 5.74) is 5.16. The van der Waals surface area contributed by atoms with Gasteiger partial charge >= 0.3 is 0 Å². The normalized spacial score (nSPS) is 10.2. The number of anilines is 3. The number of hydrogen-bond donors (Lipinski definition) is 2. The maximum atomic E-state index is 12.5. The molecule has 0 unspecified atom stereocenters. The number of para-hydroxylation sites is 2. The van der Waals surface area contributed by atoms with Crippen molar-refractivity contribution in [1.82, 2.24) is 4.98 Å². The number of carbonyl (C=O) groups is 1. The highest BCUT2D eigenvalue weighted by molar-refractivity contribution is 6.05. The summed E-state index contributed by atoms with van der Waals surface area (Å²) in [6.45, 7) is 3.96. The number of benzene rings is 2. The average Bonchev–Trinajstić information content (AvgIpc) is 2.59. The summed E-state index contributed by atoms with van der Waals surface area (Å²) in [4.78, 5) is 16.7. The molecule has 0 saturated heterocycles. The molecular formula is C20H19N3O. The minimum Gasteiger partial charge on any atom is -0.354 e. The number of nitrogens with zero attached hydrogens (tertiary/aromatic N) is 1. The van der Waals surface area contributed by atoms with Crippen LogP contribution in [0.25, 0.3) is 0 Å².